The van der Waals surface area contributed by atoms with Crippen LogP contribution < -0.4 is 4.90 Å². The monoisotopic (exact) mass is 567 g/mol. The first-order chi connectivity index (χ1) is 21.5. The summed E-state index contributed by atoms with van der Waals surface area (Å²) in [4.78, 5) is 2.35. The van der Waals surface area contributed by atoms with E-state index in [0.717, 1.165) is 17.1 Å². The zero-order chi connectivity index (χ0) is 30.3. The maximum Gasteiger partial charge on any atom is 0.0468 e. The largest absolute Gasteiger partial charge is 0.310 e. The molecule has 0 amide bonds. The summed E-state index contributed by atoms with van der Waals surface area (Å²) in [6.45, 7) is 6.33. The summed E-state index contributed by atoms with van der Waals surface area (Å²) in [5, 5.41) is 2.48. The van der Waals surface area contributed by atoms with E-state index in [1.54, 1.807) is 0 Å². The lowest BCUT2D eigenvalue weighted by Crippen LogP contribution is -2.10. The van der Waals surface area contributed by atoms with E-state index in [0.29, 0.717) is 0 Å². The Morgan fingerprint density at radius 3 is 1.48 bits per heavy atom. The molecule has 7 aromatic carbocycles. The van der Waals surface area contributed by atoms with Gasteiger partial charge in [-0.15, -0.1) is 0 Å². The topological polar surface area (TPSA) is 3.24 Å². The van der Waals surface area contributed by atoms with E-state index in [9.17, 15) is 0 Å². The van der Waals surface area contributed by atoms with Crippen LogP contribution in [-0.4, -0.2) is 0 Å². The molecule has 0 unspecified atom stereocenters. The minimum atomic E-state index is 1.13. The van der Waals surface area contributed by atoms with E-state index in [1.165, 1.54) is 49.7 Å². The summed E-state index contributed by atoms with van der Waals surface area (Å²) in [6.07, 6.45) is 0. The maximum absolute atomic E-state index is 2.35. The molecule has 0 atom stereocenters. The van der Waals surface area contributed by atoms with Crippen molar-refractivity contribution in [3.05, 3.63) is 187 Å². The van der Waals surface area contributed by atoms with Gasteiger partial charge in [-0.25, -0.2) is 0 Å². The second-order valence-corrected chi connectivity index (χ2v) is 11.4. The summed E-state index contributed by atoms with van der Waals surface area (Å²) in [6, 6.07) is 60.6. The number of benzene rings is 7. The lowest BCUT2D eigenvalue weighted by molar-refractivity contribution is 1.29. The molecule has 7 aromatic rings. The van der Waals surface area contributed by atoms with E-state index in [4.69, 9.17) is 0 Å². The average Bonchev–Trinajstić information content (AvgIpc) is 3.06. The van der Waals surface area contributed by atoms with Crippen LogP contribution in [0.3, 0.4) is 0 Å². The molecule has 214 valence electrons. The molecule has 0 aliphatic carbocycles. The van der Waals surface area contributed by atoms with Crippen molar-refractivity contribution < 1.29 is 0 Å². The smallest absolute Gasteiger partial charge is 0.0468 e. The molecule has 1 nitrogen and oxygen atoms in total. The highest BCUT2D eigenvalue weighted by Crippen LogP contribution is 2.38. The van der Waals surface area contributed by atoms with E-state index in [1.807, 2.05) is 0 Å². The van der Waals surface area contributed by atoms with Gasteiger partial charge in [0.25, 0.3) is 0 Å². The van der Waals surface area contributed by atoms with Crippen molar-refractivity contribution in [1.29, 1.82) is 0 Å². The van der Waals surface area contributed by atoms with Crippen LogP contribution in [0.15, 0.2) is 170 Å². The Bertz CT molecular complexity index is 1950. The quantitative estimate of drug-likeness (QED) is 0.200. The number of rotatable bonds is 5. The van der Waals surface area contributed by atoms with Crippen molar-refractivity contribution in [3.8, 4) is 22.3 Å². The predicted molar refractivity (Wildman–Crippen MR) is 190 cm³/mol. The molecule has 0 bridgehead atoms. The third-order valence-electron chi connectivity index (χ3n) is 7.89. The predicted octanol–water partition coefficient (Wildman–Crippen LogP) is 12.3. The number of hydrogen-bond donors (Lipinski definition) is 0. The van der Waals surface area contributed by atoms with Crippen LogP contribution in [0, 0.1) is 20.8 Å². The molecule has 0 saturated carbocycles. The molecular formula is C43H37N. The zero-order valence-corrected chi connectivity index (χ0v) is 25.6. The lowest BCUT2D eigenvalue weighted by Gasteiger charge is -2.26. The highest BCUT2D eigenvalue weighted by atomic mass is 15.1. The fourth-order valence-electron chi connectivity index (χ4n) is 5.57. The van der Waals surface area contributed by atoms with Gasteiger partial charge in [0.1, 0.15) is 0 Å². The number of nitrogens with zero attached hydrogens (tertiary/aromatic N) is 1. The Labute approximate surface area is 261 Å². The van der Waals surface area contributed by atoms with Crippen LogP contribution in [0.25, 0.3) is 33.0 Å². The molecule has 7 rings (SSSR count). The molecule has 1 heteroatoms. The number of anilines is 3. The van der Waals surface area contributed by atoms with Crippen LogP contribution in [0.2, 0.25) is 0 Å². The van der Waals surface area contributed by atoms with Crippen LogP contribution in [0.1, 0.15) is 16.7 Å². The summed E-state index contributed by atoms with van der Waals surface area (Å²) in [5.41, 5.74) is 12.2. The fraction of sp³-hybridized carbons (Fsp3) is 0.0698. The van der Waals surface area contributed by atoms with Crippen molar-refractivity contribution in [2.24, 2.45) is 0 Å². The van der Waals surface area contributed by atoms with Crippen LogP contribution >= 0.6 is 0 Å². The van der Waals surface area contributed by atoms with Gasteiger partial charge in [0.15, 0.2) is 0 Å². The Morgan fingerprint density at radius 1 is 0.295 bits per heavy atom. The Kier molecular flexibility index (Phi) is 8.66. The molecule has 0 aliphatic heterocycles. The highest BCUT2D eigenvalue weighted by molar-refractivity contribution is 5.90. The normalized spacial score (nSPS) is 10.6. The number of fused-ring (bicyclic) bond motifs is 1. The molecule has 0 fully saturated rings. The molecule has 0 spiro atoms. The van der Waals surface area contributed by atoms with E-state index >= 15 is 0 Å². The average molecular weight is 568 g/mol. The minimum absolute atomic E-state index is 1.13. The maximum atomic E-state index is 2.35. The Hall–Kier alpha value is -5.40. The van der Waals surface area contributed by atoms with Crippen molar-refractivity contribution in [1.82, 2.24) is 0 Å². The number of hydrogen-bond acceptors (Lipinski definition) is 1. The first kappa shape index (κ1) is 28.7. The van der Waals surface area contributed by atoms with Crippen molar-refractivity contribution in [2.75, 3.05) is 4.90 Å². The second kappa shape index (κ2) is 13.3. The minimum Gasteiger partial charge on any atom is -0.310 e. The van der Waals surface area contributed by atoms with Crippen molar-refractivity contribution in [2.45, 2.75) is 20.8 Å². The molecule has 0 aliphatic rings. The van der Waals surface area contributed by atoms with Gasteiger partial charge in [0.2, 0.25) is 0 Å². The van der Waals surface area contributed by atoms with Crippen LogP contribution in [0.5, 0.6) is 0 Å². The number of aryl methyl sites for hydroxylation is 3. The van der Waals surface area contributed by atoms with Crippen LogP contribution in [0.4, 0.5) is 17.1 Å². The van der Waals surface area contributed by atoms with Gasteiger partial charge >= 0.3 is 0 Å². The Balaban J connectivity index is 0.000000374. The third-order valence-corrected chi connectivity index (χ3v) is 7.89. The molecule has 0 saturated heterocycles. The SMILES string of the molecule is Cc1ccc(-c2ccc(N(c3cccc(-c4ccccc4)c3)c3ccc4ccccc4c3)cc2)cc1.Cc1cccc(C)c1. The van der Waals surface area contributed by atoms with Gasteiger partial charge in [-0.05, 0) is 90.2 Å². The van der Waals surface area contributed by atoms with Crippen LogP contribution in [-0.2, 0) is 0 Å². The van der Waals surface area contributed by atoms with E-state index in [-0.39, 0.29) is 0 Å². The van der Waals surface area contributed by atoms with E-state index < -0.39 is 0 Å². The van der Waals surface area contributed by atoms with Gasteiger partial charge in [0, 0.05) is 17.1 Å². The summed E-state index contributed by atoms with van der Waals surface area (Å²) in [7, 11) is 0. The molecule has 44 heavy (non-hydrogen) atoms. The first-order valence-corrected chi connectivity index (χ1v) is 15.2. The van der Waals surface area contributed by atoms with Gasteiger partial charge in [0.05, 0.1) is 0 Å². The fourth-order valence-corrected chi connectivity index (χ4v) is 5.57. The summed E-state index contributed by atoms with van der Waals surface area (Å²) in [5.74, 6) is 0. The van der Waals surface area contributed by atoms with Crippen molar-refractivity contribution >= 4 is 27.8 Å². The second-order valence-electron chi connectivity index (χ2n) is 11.4. The van der Waals surface area contributed by atoms with Gasteiger partial charge < -0.3 is 4.90 Å². The van der Waals surface area contributed by atoms with Gasteiger partial charge in [-0.3, -0.25) is 0 Å². The lowest BCUT2D eigenvalue weighted by atomic mass is 10.0. The third kappa shape index (κ3) is 6.80. The molecular weight excluding hydrogens is 530 g/mol. The molecule has 0 heterocycles. The van der Waals surface area contributed by atoms with Gasteiger partial charge in [-0.1, -0.05) is 150 Å². The van der Waals surface area contributed by atoms with Crippen molar-refractivity contribution in [3.63, 3.8) is 0 Å². The van der Waals surface area contributed by atoms with E-state index in [2.05, 4.69) is 196 Å². The Morgan fingerprint density at radius 2 is 0.818 bits per heavy atom. The molecule has 0 aromatic heterocycles. The van der Waals surface area contributed by atoms with Gasteiger partial charge in [-0.2, -0.15) is 0 Å². The first-order valence-electron chi connectivity index (χ1n) is 15.2. The highest BCUT2D eigenvalue weighted by Gasteiger charge is 2.14. The molecule has 0 radical (unpaired) electrons. The summed E-state index contributed by atoms with van der Waals surface area (Å²) < 4.78 is 0. The molecule has 0 N–H and O–H groups in total. The summed E-state index contributed by atoms with van der Waals surface area (Å²) >= 11 is 0. The zero-order valence-electron chi connectivity index (χ0n) is 25.6. The standard InChI is InChI=1S/C35H27N.C8H10/c1-26-14-16-29(17-15-26)30-18-21-33(22-19-30)36(35-23-20-28-10-5-6-11-31(28)25-35)34-13-7-12-32(24-34)27-8-3-2-4-9-27;1-7-4-3-5-8(2)6-7/h2-25H,1H3;3-6H,1-2H3.